The van der Waals surface area contributed by atoms with E-state index >= 15 is 0 Å². The molecule has 0 atom stereocenters. The first kappa shape index (κ1) is 12.2. The van der Waals surface area contributed by atoms with Crippen molar-refractivity contribution in [2.75, 3.05) is 4.90 Å². The van der Waals surface area contributed by atoms with Crippen LogP contribution in [0.3, 0.4) is 0 Å². The standard InChI is InChI=1S/C40H26N2O/c1-2-12-28(13-3-1)41(37-19-10-20-38-39(37)34-26-21-27-11-4-5-14-31(27)40(34)43-38)29-22-24-30(25-23-29)42-35-17-8-6-15-32(35)33-16-7-9-18-36(33)42/h1-26H/i1D,2D,3D,4D,5D,10D,11D,12D,13D,14D,19D,20D,21D,22D,23D,24D,25D,26D. The van der Waals surface area contributed by atoms with Gasteiger partial charge in [0.1, 0.15) is 11.2 Å². The van der Waals surface area contributed by atoms with Crippen LogP contribution in [0.5, 0.6) is 0 Å². The van der Waals surface area contributed by atoms with Crippen LogP contribution in [0, 0.1) is 0 Å². The molecule has 0 N–H and O–H groups in total. The van der Waals surface area contributed by atoms with E-state index in [-0.39, 0.29) is 11.1 Å². The maximum Gasteiger partial charge on any atom is 0.143 e. The number of hydrogen-bond donors (Lipinski definition) is 0. The second kappa shape index (κ2) is 9.37. The Bertz CT molecular complexity index is 3370. The Morgan fingerprint density at radius 2 is 1.21 bits per heavy atom. The van der Waals surface area contributed by atoms with E-state index in [2.05, 4.69) is 0 Å². The number of anilines is 3. The van der Waals surface area contributed by atoms with Gasteiger partial charge in [0.25, 0.3) is 0 Å². The molecule has 0 saturated heterocycles. The molecule has 9 aromatic rings. The smallest absolute Gasteiger partial charge is 0.143 e. The summed E-state index contributed by atoms with van der Waals surface area (Å²) >= 11 is 0. The molecule has 3 nitrogen and oxygen atoms in total. The summed E-state index contributed by atoms with van der Waals surface area (Å²) in [5, 5.41) is -0.202. The van der Waals surface area contributed by atoms with Crippen molar-refractivity contribution in [3.63, 3.8) is 0 Å². The maximum atomic E-state index is 9.57. The number of aromatic nitrogens is 1. The van der Waals surface area contributed by atoms with Gasteiger partial charge in [-0.2, -0.15) is 0 Å². The number of fused-ring (bicyclic) bond motifs is 8. The Labute approximate surface area is 273 Å². The van der Waals surface area contributed by atoms with Crippen LogP contribution in [-0.4, -0.2) is 4.57 Å². The minimum absolute atomic E-state index is 0.210. The first-order valence-electron chi connectivity index (χ1n) is 22.2. The van der Waals surface area contributed by atoms with E-state index in [0.717, 1.165) is 10.8 Å². The van der Waals surface area contributed by atoms with Crippen molar-refractivity contribution in [3.05, 3.63) is 157 Å². The first-order valence-corrected chi connectivity index (χ1v) is 13.2. The second-order valence-electron chi connectivity index (χ2n) is 9.61. The van der Waals surface area contributed by atoms with Crippen LogP contribution >= 0.6 is 0 Å². The van der Waals surface area contributed by atoms with Crippen molar-refractivity contribution in [3.8, 4) is 5.69 Å². The molecule has 0 bridgehead atoms. The molecule has 0 amide bonds. The van der Waals surface area contributed by atoms with E-state index in [1.807, 2.05) is 12.1 Å². The fraction of sp³-hybridized carbons (Fsp3) is 0. The molecule has 9 rings (SSSR count). The first-order chi connectivity index (χ1) is 28.8. The molecular formula is C40H26N2O. The quantitative estimate of drug-likeness (QED) is 0.211. The predicted octanol–water partition coefficient (Wildman–Crippen LogP) is 11.3. The summed E-state index contributed by atoms with van der Waals surface area (Å²) in [6, 6.07) is 0.0554. The SMILES string of the molecule is [2H]c1c([2H])c([2H])c(N(c2c([2H])c([2H])c(-n3c4ccccc4c4ccccc43)c([2H])c2[2H])c2c([2H])c([2H])c([2H])c3oc4c5c([2H])c([2H])c([2H])c([2H])c5c([2H])c([2H])c4c23)c([2H])c1[2H]. The average molecular weight is 569 g/mol. The predicted molar refractivity (Wildman–Crippen MR) is 180 cm³/mol. The van der Waals surface area contributed by atoms with Crippen LogP contribution in [0.2, 0.25) is 0 Å². The highest BCUT2D eigenvalue weighted by Crippen LogP contribution is 2.44. The molecule has 0 spiro atoms. The topological polar surface area (TPSA) is 21.3 Å². The van der Waals surface area contributed by atoms with Gasteiger partial charge in [0.05, 0.1) is 46.8 Å². The molecule has 2 aromatic heterocycles. The van der Waals surface area contributed by atoms with Crippen LogP contribution in [0.1, 0.15) is 24.7 Å². The van der Waals surface area contributed by atoms with Gasteiger partial charge in [0, 0.05) is 38.6 Å². The van der Waals surface area contributed by atoms with Crippen LogP contribution in [0.15, 0.2) is 162 Å². The Morgan fingerprint density at radius 1 is 0.535 bits per heavy atom. The minimum atomic E-state index is -0.928. The van der Waals surface area contributed by atoms with E-state index < -0.39 is 153 Å². The lowest BCUT2D eigenvalue weighted by Gasteiger charge is -2.26. The van der Waals surface area contributed by atoms with Gasteiger partial charge in [-0.15, -0.1) is 0 Å². The Hall–Kier alpha value is -5.80. The minimum Gasteiger partial charge on any atom is -0.455 e. The van der Waals surface area contributed by atoms with Gasteiger partial charge in [-0.25, -0.2) is 0 Å². The number of nitrogens with zero attached hydrogens (tertiary/aromatic N) is 2. The number of rotatable bonds is 4. The molecule has 0 aliphatic rings. The van der Waals surface area contributed by atoms with E-state index in [9.17, 15) is 8.22 Å². The lowest BCUT2D eigenvalue weighted by atomic mass is 10.0. The molecule has 43 heavy (non-hydrogen) atoms. The molecule has 0 aliphatic carbocycles. The Morgan fingerprint density at radius 3 is 1.98 bits per heavy atom. The fourth-order valence-corrected chi connectivity index (χ4v) is 5.50. The van der Waals surface area contributed by atoms with Crippen molar-refractivity contribution in [1.82, 2.24) is 4.57 Å². The zero-order valence-electron chi connectivity index (χ0n) is 39.9. The summed E-state index contributed by atoms with van der Waals surface area (Å²) in [4.78, 5) is 0.696. The van der Waals surface area contributed by atoms with Gasteiger partial charge < -0.3 is 13.9 Å². The molecule has 0 saturated carbocycles. The monoisotopic (exact) mass is 568 g/mol. The highest BCUT2D eigenvalue weighted by molar-refractivity contribution is 6.19. The number of hydrogen-bond acceptors (Lipinski definition) is 2. The van der Waals surface area contributed by atoms with Crippen molar-refractivity contribution in [2.24, 2.45) is 0 Å². The van der Waals surface area contributed by atoms with Crippen molar-refractivity contribution < 1.29 is 29.1 Å². The molecule has 3 heteroatoms. The fourth-order valence-electron chi connectivity index (χ4n) is 5.50. The van der Waals surface area contributed by atoms with Crippen LogP contribution in [0.25, 0.3) is 60.2 Å². The third kappa shape index (κ3) is 3.62. The largest absolute Gasteiger partial charge is 0.455 e. The zero-order chi connectivity index (χ0) is 44.0. The van der Waals surface area contributed by atoms with Gasteiger partial charge in [-0.3, -0.25) is 0 Å². The third-order valence-electron chi connectivity index (χ3n) is 7.29. The van der Waals surface area contributed by atoms with E-state index in [1.165, 1.54) is 0 Å². The number of para-hydroxylation sites is 3. The second-order valence-corrected chi connectivity index (χ2v) is 9.61. The molecule has 0 radical (unpaired) electrons. The lowest BCUT2D eigenvalue weighted by Crippen LogP contribution is -2.10. The maximum absolute atomic E-state index is 9.57. The molecule has 202 valence electrons. The van der Waals surface area contributed by atoms with Crippen LogP contribution in [-0.2, 0) is 0 Å². The van der Waals surface area contributed by atoms with Crippen LogP contribution < -0.4 is 4.90 Å². The third-order valence-corrected chi connectivity index (χ3v) is 7.29. The normalized spacial score (nSPS) is 17.6. The molecular weight excluding hydrogens is 524 g/mol. The summed E-state index contributed by atoms with van der Waals surface area (Å²) in [7, 11) is 0. The molecule has 0 aliphatic heterocycles. The van der Waals surface area contributed by atoms with Gasteiger partial charge in [-0.1, -0.05) is 90.8 Å². The van der Waals surface area contributed by atoms with Crippen molar-refractivity contribution in [2.45, 2.75) is 0 Å². The Kier molecular flexibility index (Phi) is 2.66. The zero-order valence-corrected chi connectivity index (χ0v) is 21.9. The van der Waals surface area contributed by atoms with Gasteiger partial charge in [0.2, 0.25) is 0 Å². The molecule has 2 heterocycles. The summed E-state index contributed by atoms with van der Waals surface area (Å²) in [6.07, 6.45) is 0. The summed E-state index contributed by atoms with van der Waals surface area (Å²) < 4.78 is 169. The molecule has 0 unspecified atom stereocenters. The van der Waals surface area contributed by atoms with E-state index in [0.29, 0.717) is 15.9 Å². The van der Waals surface area contributed by atoms with Crippen LogP contribution in [0.4, 0.5) is 17.1 Å². The summed E-state index contributed by atoms with van der Waals surface area (Å²) in [5.74, 6) is 0. The summed E-state index contributed by atoms with van der Waals surface area (Å²) in [6.45, 7) is 0. The van der Waals surface area contributed by atoms with E-state index in [1.54, 1.807) is 41.0 Å². The van der Waals surface area contributed by atoms with Gasteiger partial charge in [-0.05, 0) is 71.9 Å². The number of benzene rings is 7. The number of furan rings is 1. The highest BCUT2D eigenvalue weighted by atomic mass is 16.3. The average Bonchev–Trinajstić information content (AvgIpc) is 3.80. The molecule has 7 aromatic carbocycles. The van der Waals surface area contributed by atoms with Crippen molar-refractivity contribution >= 4 is 71.6 Å². The highest BCUT2D eigenvalue weighted by Gasteiger charge is 2.20. The Balaban J connectivity index is 1.51. The van der Waals surface area contributed by atoms with Gasteiger partial charge in [0.15, 0.2) is 0 Å². The van der Waals surface area contributed by atoms with Crippen molar-refractivity contribution in [1.29, 1.82) is 0 Å². The molecule has 0 fully saturated rings. The summed E-state index contributed by atoms with van der Waals surface area (Å²) in [5.41, 5.74) is -2.41. The lowest BCUT2D eigenvalue weighted by molar-refractivity contribution is 0.672. The van der Waals surface area contributed by atoms with Gasteiger partial charge >= 0.3 is 0 Å². The van der Waals surface area contributed by atoms with E-state index in [4.69, 9.17) is 20.9 Å².